The van der Waals surface area contributed by atoms with Gasteiger partial charge in [0.05, 0.1) is 12.1 Å². The monoisotopic (exact) mass is 989 g/mol. The molecule has 71 heavy (non-hydrogen) atoms. The predicted octanol–water partition coefficient (Wildman–Crippen LogP) is 1.93. The summed E-state index contributed by atoms with van der Waals surface area (Å²) in [6.45, 7) is 15.8. The Labute approximate surface area is 422 Å². The molecule has 18 heteroatoms. The lowest BCUT2D eigenvalue weighted by Gasteiger charge is -2.36. The largest absolute Gasteiger partial charge is 0.353 e. The average molecular weight is 989 g/mol. The molecule has 4 aliphatic rings. The van der Waals surface area contributed by atoms with Gasteiger partial charge in [0, 0.05) is 39.0 Å². The smallest absolute Gasteiger partial charge is 0.250 e. The van der Waals surface area contributed by atoms with E-state index < -0.39 is 65.6 Å². The van der Waals surface area contributed by atoms with E-state index in [0.717, 1.165) is 64.2 Å². The summed E-state index contributed by atoms with van der Waals surface area (Å²) in [5.74, 6) is 8.71. The van der Waals surface area contributed by atoms with Crippen LogP contribution in [0.25, 0.3) is 0 Å². The first-order valence-corrected chi connectivity index (χ1v) is 26.1. The maximum Gasteiger partial charge on any atom is 0.250 e. The van der Waals surface area contributed by atoms with E-state index in [1.54, 1.807) is 39.8 Å². The fourth-order valence-corrected chi connectivity index (χ4v) is 9.94. The number of carbonyl (C=O) groups excluding carboxylic acids is 8. The quantitative estimate of drug-likeness (QED) is 0.0473. The number of nitrogens with one attached hydrogen (secondary N) is 8. The molecular weight excluding hydrogens is 905 g/mol. The van der Waals surface area contributed by atoms with Crippen molar-refractivity contribution in [2.45, 2.75) is 193 Å². The van der Waals surface area contributed by atoms with Gasteiger partial charge in [-0.05, 0) is 121 Å². The summed E-state index contributed by atoms with van der Waals surface area (Å²) in [5, 5.41) is 23.4. The maximum atomic E-state index is 14.0. The van der Waals surface area contributed by atoms with Gasteiger partial charge in [0.1, 0.15) is 36.3 Å². The lowest BCUT2D eigenvalue weighted by molar-refractivity contribution is -0.144. The number of likely N-dealkylation sites (tertiary alicyclic amines) is 2. The Morgan fingerprint density at radius 2 is 0.972 bits per heavy atom. The van der Waals surface area contributed by atoms with Crippen molar-refractivity contribution in [1.29, 1.82) is 0 Å². The van der Waals surface area contributed by atoms with Crippen molar-refractivity contribution in [3.63, 3.8) is 0 Å². The van der Waals surface area contributed by atoms with Crippen molar-refractivity contribution >= 4 is 47.3 Å². The molecule has 394 valence electrons. The van der Waals surface area contributed by atoms with Gasteiger partial charge in [0.25, 0.3) is 0 Å². The van der Waals surface area contributed by atoms with Crippen molar-refractivity contribution in [2.24, 2.45) is 17.3 Å². The fraction of sp³-hybridized carbons (Fsp3) is 0.736. The Morgan fingerprint density at radius 3 is 1.37 bits per heavy atom. The van der Waals surface area contributed by atoms with Crippen LogP contribution in [-0.4, -0.2) is 146 Å². The van der Waals surface area contributed by atoms with Crippen molar-refractivity contribution in [3.8, 4) is 23.7 Å². The molecule has 0 aromatic heterocycles. The lowest BCUT2D eigenvalue weighted by atomic mass is 9.83. The molecule has 0 aromatic carbocycles. The summed E-state index contributed by atoms with van der Waals surface area (Å²) in [4.78, 5) is 112. The minimum Gasteiger partial charge on any atom is -0.353 e. The highest BCUT2D eigenvalue weighted by molar-refractivity contribution is 5.97. The van der Waals surface area contributed by atoms with E-state index in [-0.39, 0.29) is 60.4 Å². The van der Waals surface area contributed by atoms with Crippen LogP contribution in [0, 0.1) is 40.9 Å². The predicted molar refractivity (Wildman–Crippen MR) is 272 cm³/mol. The van der Waals surface area contributed by atoms with Crippen LogP contribution in [0.4, 0.5) is 0 Å². The molecule has 2 aliphatic heterocycles. The molecule has 8 atom stereocenters. The molecule has 0 aromatic rings. The molecular formula is C53H84N10O8. The van der Waals surface area contributed by atoms with Gasteiger partial charge in [-0.3, -0.25) is 38.4 Å². The summed E-state index contributed by atoms with van der Waals surface area (Å²) < 4.78 is 0. The lowest BCUT2D eigenvalue weighted by Crippen LogP contribution is -2.61. The molecule has 2 saturated heterocycles. The van der Waals surface area contributed by atoms with Gasteiger partial charge in [-0.2, -0.15) is 0 Å². The molecule has 2 saturated carbocycles. The maximum absolute atomic E-state index is 14.0. The number of amides is 8. The second kappa shape index (κ2) is 28.5. The van der Waals surface area contributed by atoms with Crippen LogP contribution in [0.1, 0.15) is 144 Å². The molecule has 0 bridgehead atoms. The van der Waals surface area contributed by atoms with Crippen LogP contribution in [0.3, 0.4) is 0 Å². The van der Waals surface area contributed by atoms with Gasteiger partial charge in [-0.1, -0.05) is 77.7 Å². The average Bonchev–Trinajstić information content (AvgIpc) is 4.07. The molecule has 4 fully saturated rings. The Balaban J connectivity index is 1.29. The van der Waals surface area contributed by atoms with Crippen LogP contribution in [0.2, 0.25) is 0 Å². The van der Waals surface area contributed by atoms with Gasteiger partial charge in [0.15, 0.2) is 0 Å². The number of carbonyl (C=O) groups is 8. The number of likely N-dealkylation sites (N-methyl/N-ethyl adjacent to an activating group) is 2. The van der Waals surface area contributed by atoms with Gasteiger partial charge in [-0.15, -0.1) is 0 Å². The molecule has 2 heterocycles. The number of rotatable bonds is 21. The highest BCUT2D eigenvalue weighted by Crippen LogP contribution is 2.30. The number of nitrogens with zero attached hydrogens (tertiary/aromatic N) is 2. The molecule has 0 radical (unpaired) electrons. The van der Waals surface area contributed by atoms with Crippen LogP contribution in [0.5, 0.6) is 0 Å². The third-order valence-corrected chi connectivity index (χ3v) is 14.5. The Bertz CT molecular complexity index is 2020. The summed E-state index contributed by atoms with van der Waals surface area (Å²) in [7, 11) is 3.32. The topological polar surface area (TPSA) is 239 Å². The molecule has 4 rings (SSSR count). The van der Waals surface area contributed by atoms with Crippen molar-refractivity contribution in [3.05, 3.63) is 12.2 Å². The molecule has 0 unspecified atom stereocenters. The van der Waals surface area contributed by atoms with E-state index in [1.165, 1.54) is 4.90 Å². The number of hydrogen-bond donors (Lipinski definition) is 8. The zero-order valence-electron chi connectivity index (χ0n) is 43.8. The standard InChI is InChI=1S/C53H84N10O8/c1-34(2)41(58-45(64)35(3)54-8)51(70)62-32-22-28-39(62)47(66)59-42(37-24-16-14-17-25-37)49(68)56-30-20-12-10-11-13-21-31-57-50(69)43(38-26-18-15-19-27-38)60-48(67)40-29-23-33-63(40)52(71)44(53(5,6)7)61-46(65)36(4)55-9/h35-44,54-55H,1,14-33H2,2-9H3,(H,56,68)(H,57,69)(H,58,64)(H,59,66)(H,60,67)(H,61,65)/t35-,36-,39-,40-,41-,42-,43-,44+/m0/s1. The summed E-state index contributed by atoms with van der Waals surface area (Å²) in [5.41, 5.74) is -0.158. The van der Waals surface area contributed by atoms with Crippen LogP contribution in [0.15, 0.2) is 12.2 Å². The van der Waals surface area contributed by atoms with Gasteiger partial charge in [0.2, 0.25) is 47.3 Å². The van der Waals surface area contributed by atoms with Crippen LogP contribution in [-0.2, 0) is 38.4 Å². The van der Waals surface area contributed by atoms with E-state index in [4.69, 9.17) is 0 Å². The zero-order chi connectivity index (χ0) is 52.3. The van der Waals surface area contributed by atoms with Crippen LogP contribution < -0.4 is 42.5 Å². The van der Waals surface area contributed by atoms with Crippen LogP contribution >= 0.6 is 0 Å². The van der Waals surface area contributed by atoms with Gasteiger partial charge in [-0.25, -0.2) is 0 Å². The molecule has 2 aliphatic carbocycles. The Hall–Kier alpha value is -5.46. The van der Waals surface area contributed by atoms with Crippen molar-refractivity contribution < 1.29 is 38.4 Å². The summed E-state index contributed by atoms with van der Waals surface area (Å²) in [6.07, 6.45) is 11.9. The zero-order valence-corrected chi connectivity index (χ0v) is 43.8. The molecule has 8 amide bonds. The first kappa shape index (κ1) is 58.1. The molecule has 8 N–H and O–H groups in total. The Kier molecular flexibility index (Phi) is 23.4. The molecule has 0 spiro atoms. The summed E-state index contributed by atoms with van der Waals surface area (Å²) in [6, 6.07) is -5.95. The first-order valence-electron chi connectivity index (χ1n) is 26.1. The normalized spacial score (nSPS) is 21.0. The third kappa shape index (κ3) is 17.1. The van der Waals surface area contributed by atoms with E-state index in [1.807, 2.05) is 20.8 Å². The number of hydrogen-bond acceptors (Lipinski definition) is 10. The second-order valence-corrected chi connectivity index (χ2v) is 20.9. The van der Waals surface area contributed by atoms with E-state index in [0.29, 0.717) is 57.2 Å². The molecule has 18 nitrogen and oxygen atoms in total. The minimum atomic E-state index is -0.986. The van der Waals surface area contributed by atoms with E-state index >= 15 is 0 Å². The summed E-state index contributed by atoms with van der Waals surface area (Å²) >= 11 is 0. The highest BCUT2D eigenvalue weighted by Gasteiger charge is 2.44. The van der Waals surface area contributed by atoms with Gasteiger partial charge < -0.3 is 52.3 Å². The first-order chi connectivity index (χ1) is 33.8. The van der Waals surface area contributed by atoms with E-state index in [2.05, 4.69) is 72.8 Å². The Morgan fingerprint density at radius 1 is 0.563 bits per heavy atom. The SMILES string of the molecule is C=C(C)[C@H](NC(=O)[C@H](C)NC)C(=O)N1CCC[C@H]1C(=O)N[C@H](C(=O)NCCC#CC#CCCNC(=O)[C@@H](NC(=O)[C@@H]1CCCN1C(=O)[C@@H](NC(=O)[C@H](C)NC)C(C)(C)C)C1CCCCC1)C1CCCCC1. The van der Waals surface area contributed by atoms with E-state index in [9.17, 15) is 38.4 Å². The second-order valence-electron chi connectivity index (χ2n) is 20.9. The fourth-order valence-electron chi connectivity index (χ4n) is 9.94. The van der Waals surface area contributed by atoms with Crippen molar-refractivity contribution in [1.82, 2.24) is 52.3 Å². The van der Waals surface area contributed by atoms with Crippen molar-refractivity contribution in [2.75, 3.05) is 40.3 Å². The van der Waals surface area contributed by atoms with Gasteiger partial charge >= 0.3 is 0 Å². The minimum absolute atomic E-state index is 0.0445. The highest BCUT2D eigenvalue weighted by atomic mass is 16.2. The third-order valence-electron chi connectivity index (χ3n) is 14.5.